The van der Waals surface area contributed by atoms with Crippen LogP contribution in [0.4, 0.5) is 4.39 Å². The molecule has 1 aromatic carbocycles. The van der Waals surface area contributed by atoms with Gasteiger partial charge in [0, 0.05) is 30.4 Å². The van der Waals surface area contributed by atoms with Crippen molar-refractivity contribution in [3.8, 4) is 0 Å². The van der Waals surface area contributed by atoms with Crippen LogP contribution < -0.4 is 5.73 Å². The van der Waals surface area contributed by atoms with Gasteiger partial charge in [0.15, 0.2) is 0 Å². The van der Waals surface area contributed by atoms with E-state index >= 15 is 0 Å². The van der Waals surface area contributed by atoms with Crippen LogP contribution in [-0.4, -0.2) is 9.97 Å². The highest BCUT2D eigenvalue weighted by molar-refractivity contribution is 5.27. The highest BCUT2D eigenvalue weighted by Gasteiger charge is 2.13. The Bertz CT molecular complexity index is 465. The Morgan fingerprint density at radius 2 is 2.31 bits per heavy atom. The fraction of sp³-hybridized carbons (Fsp3) is 0.250. The van der Waals surface area contributed by atoms with Gasteiger partial charge in [0.1, 0.15) is 11.6 Å². The van der Waals surface area contributed by atoms with Crippen LogP contribution in [0.2, 0.25) is 0 Å². The quantitative estimate of drug-likeness (QED) is 0.830. The van der Waals surface area contributed by atoms with Crippen LogP contribution in [-0.2, 0) is 6.42 Å². The number of benzene rings is 1. The second-order valence-corrected chi connectivity index (χ2v) is 3.87. The number of aromatic nitrogens is 2. The van der Waals surface area contributed by atoms with Crippen molar-refractivity contribution < 1.29 is 4.39 Å². The lowest BCUT2D eigenvalue weighted by molar-refractivity contribution is 0.575. The van der Waals surface area contributed by atoms with E-state index in [2.05, 4.69) is 9.97 Å². The maximum absolute atomic E-state index is 13.5. The zero-order chi connectivity index (χ0) is 11.5. The fourth-order valence-electron chi connectivity index (χ4n) is 1.68. The predicted molar refractivity (Wildman–Crippen MR) is 60.4 cm³/mol. The van der Waals surface area contributed by atoms with Crippen molar-refractivity contribution in [2.75, 3.05) is 0 Å². The van der Waals surface area contributed by atoms with Crippen LogP contribution in [0.5, 0.6) is 0 Å². The molecule has 1 heterocycles. The molecule has 84 valence electrons. The molecule has 16 heavy (non-hydrogen) atoms. The number of hydrogen-bond donors (Lipinski definition) is 2. The van der Waals surface area contributed by atoms with Crippen molar-refractivity contribution in [2.24, 2.45) is 5.73 Å². The Balaban J connectivity index is 2.20. The number of nitrogens with two attached hydrogens (primary N) is 1. The molecule has 4 heteroatoms. The van der Waals surface area contributed by atoms with Crippen molar-refractivity contribution in [1.82, 2.24) is 9.97 Å². The first kappa shape index (κ1) is 10.8. The maximum Gasteiger partial charge on any atom is 0.128 e. The lowest BCUT2D eigenvalue weighted by atomic mass is 10.0. The largest absolute Gasteiger partial charge is 0.349 e. The SMILES string of the molecule is Cc1ccc(F)c(C(N)Cc2ncc[nH]2)c1. The zero-order valence-electron chi connectivity index (χ0n) is 9.07. The first-order valence-electron chi connectivity index (χ1n) is 5.16. The number of rotatable bonds is 3. The third-order valence-corrected chi connectivity index (χ3v) is 2.52. The molecule has 0 aliphatic rings. The van der Waals surface area contributed by atoms with Crippen LogP contribution in [0, 0.1) is 12.7 Å². The van der Waals surface area contributed by atoms with Gasteiger partial charge in [0.25, 0.3) is 0 Å². The Hall–Kier alpha value is -1.68. The Kier molecular flexibility index (Phi) is 3.01. The number of halogens is 1. The standard InChI is InChI=1S/C12H14FN3/c1-8-2-3-10(13)9(6-8)11(14)7-12-15-4-5-16-12/h2-6,11H,7,14H2,1H3,(H,15,16). The molecule has 1 aromatic heterocycles. The summed E-state index contributed by atoms with van der Waals surface area (Å²) in [6, 6.07) is 4.60. The van der Waals surface area contributed by atoms with Gasteiger partial charge in [0.2, 0.25) is 0 Å². The van der Waals surface area contributed by atoms with Gasteiger partial charge in [-0.2, -0.15) is 0 Å². The van der Waals surface area contributed by atoms with E-state index in [-0.39, 0.29) is 11.9 Å². The smallest absolute Gasteiger partial charge is 0.128 e. The molecular weight excluding hydrogens is 205 g/mol. The van der Waals surface area contributed by atoms with Gasteiger partial charge in [-0.25, -0.2) is 9.37 Å². The molecule has 0 aliphatic heterocycles. The van der Waals surface area contributed by atoms with Crippen molar-refractivity contribution >= 4 is 0 Å². The Morgan fingerprint density at radius 1 is 1.50 bits per heavy atom. The van der Waals surface area contributed by atoms with Gasteiger partial charge in [-0.3, -0.25) is 0 Å². The number of aryl methyl sites for hydroxylation is 1. The average molecular weight is 219 g/mol. The average Bonchev–Trinajstić information content (AvgIpc) is 2.74. The molecule has 3 N–H and O–H groups in total. The summed E-state index contributed by atoms with van der Waals surface area (Å²) in [6.45, 7) is 1.92. The van der Waals surface area contributed by atoms with Crippen molar-refractivity contribution in [3.63, 3.8) is 0 Å². The lowest BCUT2D eigenvalue weighted by Crippen LogP contribution is -2.16. The Morgan fingerprint density at radius 3 is 3.00 bits per heavy atom. The van der Waals surface area contributed by atoms with Crippen LogP contribution in [0.1, 0.15) is 23.0 Å². The van der Waals surface area contributed by atoms with Crippen LogP contribution in [0.25, 0.3) is 0 Å². The topological polar surface area (TPSA) is 54.7 Å². The first-order valence-corrected chi connectivity index (χ1v) is 5.16. The minimum atomic E-state index is -0.369. The second kappa shape index (κ2) is 4.45. The first-order chi connectivity index (χ1) is 7.66. The van der Waals surface area contributed by atoms with Crippen molar-refractivity contribution in [2.45, 2.75) is 19.4 Å². The number of imidazole rings is 1. The molecule has 1 atom stereocenters. The highest BCUT2D eigenvalue weighted by atomic mass is 19.1. The summed E-state index contributed by atoms with van der Waals surface area (Å²) in [5, 5.41) is 0. The Labute approximate surface area is 93.5 Å². The minimum Gasteiger partial charge on any atom is -0.349 e. The summed E-state index contributed by atoms with van der Waals surface area (Å²) in [6.07, 6.45) is 3.90. The number of nitrogens with one attached hydrogen (secondary N) is 1. The predicted octanol–water partition coefficient (Wildman–Crippen LogP) is 2.10. The van der Waals surface area contributed by atoms with Gasteiger partial charge in [-0.15, -0.1) is 0 Å². The molecule has 0 fully saturated rings. The summed E-state index contributed by atoms with van der Waals surface area (Å²) in [4.78, 5) is 7.03. The molecule has 0 amide bonds. The van der Waals surface area contributed by atoms with E-state index in [9.17, 15) is 4.39 Å². The number of nitrogens with zero attached hydrogens (tertiary/aromatic N) is 1. The third kappa shape index (κ3) is 2.28. The summed E-state index contributed by atoms with van der Waals surface area (Å²) < 4.78 is 13.5. The number of aromatic amines is 1. The van der Waals surface area contributed by atoms with Crippen LogP contribution in [0.3, 0.4) is 0 Å². The molecule has 0 saturated heterocycles. The van der Waals surface area contributed by atoms with Gasteiger partial charge < -0.3 is 10.7 Å². The normalized spacial score (nSPS) is 12.7. The van der Waals surface area contributed by atoms with Crippen molar-refractivity contribution in [3.05, 3.63) is 53.4 Å². The molecule has 0 radical (unpaired) electrons. The van der Waals surface area contributed by atoms with E-state index < -0.39 is 0 Å². The molecule has 1 unspecified atom stereocenters. The zero-order valence-corrected chi connectivity index (χ0v) is 9.07. The van der Waals surface area contributed by atoms with E-state index in [1.807, 2.05) is 6.92 Å². The molecule has 0 bridgehead atoms. The summed E-state index contributed by atoms with van der Waals surface area (Å²) in [7, 11) is 0. The van der Waals surface area contributed by atoms with Gasteiger partial charge in [0.05, 0.1) is 0 Å². The summed E-state index contributed by atoms with van der Waals surface area (Å²) in [5.74, 6) is 0.512. The monoisotopic (exact) mass is 219 g/mol. The molecule has 3 nitrogen and oxygen atoms in total. The van der Waals surface area contributed by atoms with Crippen LogP contribution in [0.15, 0.2) is 30.6 Å². The molecule has 0 saturated carbocycles. The third-order valence-electron chi connectivity index (χ3n) is 2.52. The second-order valence-electron chi connectivity index (χ2n) is 3.87. The number of hydrogen-bond acceptors (Lipinski definition) is 2. The van der Waals surface area contributed by atoms with Gasteiger partial charge in [-0.1, -0.05) is 17.7 Å². The minimum absolute atomic E-state index is 0.260. The molecule has 2 rings (SSSR count). The summed E-state index contributed by atoms with van der Waals surface area (Å²) in [5.41, 5.74) is 7.50. The van der Waals surface area contributed by atoms with E-state index in [1.54, 1.807) is 24.5 Å². The summed E-state index contributed by atoms with van der Waals surface area (Å²) >= 11 is 0. The lowest BCUT2D eigenvalue weighted by Gasteiger charge is -2.12. The molecule has 2 aromatic rings. The molecule has 0 spiro atoms. The highest BCUT2D eigenvalue weighted by Crippen LogP contribution is 2.19. The van der Waals surface area contributed by atoms with E-state index in [0.717, 1.165) is 11.4 Å². The molecular formula is C12H14FN3. The van der Waals surface area contributed by atoms with E-state index in [4.69, 9.17) is 5.73 Å². The van der Waals surface area contributed by atoms with Gasteiger partial charge >= 0.3 is 0 Å². The van der Waals surface area contributed by atoms with E-state index in [0.29, 0.717) is 12.0 Å². The fourth-order valence-corrected chi connectivity index (χ4v) is 1.68. The van der Waals surface area contributed by atoms with E-state index in [1.165, 1.54) is 6.07 Å². The maximum atomic E-state index is 13.5. The number of H-pyrrole nitrogens is 1. The van der Waals surface area contributed by atoms with Crippen molar-refractivity contribution in [1.29, 1.82) is 0 Å². The van der Waals surface area contributed by atoms with Gasteiger partial charge in [-0.05, 0) is 13.0 Å². The van der Waals surface area contributed by atoms with Crippen LogP contribution >= 0.6 is 0 Å². The molecule has 0 aliphatic carbocycles.